The zero-order valence-electron chi connectivity index (χ0n) is 15.4. The molecule has 0 radical (unpaired) electrons. The lowest BCUT2D eigenvalue weighted by Gasteiger charge is -2.22. The number of hydrogen-bond donors (Lipinski definition) is 0. The Labute approximate surface area is 160 Å². The summed E-state index contributed by atoms with van der Waals surface area (Å²) in [6.07, 6.45) is 3.26. The van der Waals surface area contributed by atoms with Gasteiger partial charge in [-0.15, -0.1) is 0 Å². The molecule has 1 atom stereocenters. The first-order chi connectivity index (χ1) is 13.7. The molecule has 2 aromatic heterocycles. The minimum atomic E-state index is -0.331. The van der Waals surface area contributed by atoms with E-state index in [1.165, 1.54) is 24.3 Å². The van der Waals surface area contributed by atoms with Crippen LogP contribution in [0.1, 0.15) is 48.0 Å². The number of rotatable bonds is 6. The van der Waals surface area contributed by atoms with Crippen molar-refractivity contribution in [1.82, 2.24) is 24.8 Å². The third-order valence-electron chi connectivity index (χ3n) is 4.71. The van der Waals surface area contributed by atoms with E-state index >= 15 is 0 Å². The SMILES string of the molecule is CCn1nccc1C(=O)N1CCCC1c1noc(COc2ccc(F)cc2)n1. The van der Waals surface area contributed by atoms with Gasteiger partial charge in [0.25, 0.3) is 11.8 Å². The van der Waals surface area contributed by atoms with Gasteiger partial charge in [-0.05, 0) is 50.1 Å². The van der Waals surface area contributed by atoms with Crippen molar-refractivity contribution in [2.24, 2.45) is 0 Å². The van der Waals surface area contributed by atoms with Gasteiger partial charge in [0, 0.05) is 19.3 Å². The van der Waals surface area contributed by atoms with Crippen LogP contribution in [0.25, 0.3) is 0 Å². The molecule has 28 heavy (non-hydrogen) atoms. The molecule has 0 saturated carbocycles. The predicted octanol–water partition coefficient (Wildman–Crippen LogP) is 2.98. The molecule has 0 aliphatic carbocycles. The summed E-state index contributed by atoms with van der Waals surface area (Å²) in [6, 6.07) is 7.17. The van der Waals surface area contributed by atoms with E-state index in [4.69, 9.17) is 9.26 Å². The topological polar surface area (TPSA) is 86.3 Å². The average Bonchev–Trinajstić information content (AvgIpc) is 3.46. The van der Waals surface area contributed by atoms with Crippen LogP contribution < -0.4 is 4.74 Å². The number of ether oxygens (including phenoxy) is 1. The fourth-order valence-corrected chi connectivity index (χ4v) is 3.33. The van der Waals surface area contributed by atoms with E-state index in [-0.39, 0.29) is 24.4 Å². The molecule has 1 amide bonds. The summed E-state index contributed by atoms with van der Waals surface area (Å²) in [4.78, 5) is 19.1. The molecular weight excluding hydrogens is 365 g/mol. The minimum absolute atomic E-state index is 0.0713. The first-order valence-electron chi connectivity index (χ1n) is 9.19. The molecule has 1 fully saturated rings. The Bertz CT molecular complexity index is 953. The third-order valence-corrected chi connectivity index (χ3v) is 4.71. The molecule has 146 valence electrons. The van der Waals surface area contributed by atoms with Crippen molar-refractivity contribution >= 4 is 5.91 Å². The summed E-state index contributed by atoms with van der Waals surface area (Å²) in [7, 11) is 0. The minimum Gasteiger partial charge on any atom is -0.484 e. The maximum atomic E-state index is 12.9. The fraction of sp³-hybridized carbons (Fsp3) is 0.368. The molecule has 1 aliphatic heterocycles. The van der Waals surface area contributed by atoms with Crippen molar-refractivity contribution in [3.8, 4) is 5.75 Å². The first kappa shape index (κ1) is 18.1. The maximum Gasteiger partial charge on any atom is 0.272 e. The predicted molar refractivity (Wildman–Crippen MR) is 95.9 cm³/mol. The number of hydrogen-bond acceptors (Lipinski definition) is 6. The molecule has 1 saturated heterocycles. The van der Waals surface area contributed by atoms with Crippen LogP contribution in [-0.2, 0) is 13.2 Å². The quantitative estimate of drug-likeness (QED) is 0.648. The lowest BCUT2D eigenvalue weighted by Crippen LogP contribution is -2.32. The van der Waals surface area contributed by atoms with Crippen molar-refractivity contribution in [2.75, 3.05) is 6.54 Å². The lowest BCUT2D eigenvalue weighted by atomic mass is 10.2. The second kappa shape index (κ2) is 7.79. The molecule has 9 heteroatoms. The highest BCUT2D eigenvalue weighted by molar-refractivity contribution is 5.93. The van der Waals surface area contributed by atoms with Crippen LogP contribution >= 0.6 is 0 Å². The van der Waals surface area contributed by atoms with Gasteiger partial charge in [0.05, 0.1) is 6.04 Å². The maximum absolute atomic E-state index is 12.9. The highest BCUT2D eigenvalue weighted by atomic mass is 19.1. The molecule has 1 unspecified atom stereocenters. The van der Waals surface area contributed by atoms with Gasteiger partial charge in [0.2, 0.25) is 0 Å². The standard InChI is InChI=1S/C19H20FN5O3/c1-2-25-16(9-10-21-25)19(26)24-11-3-4-15(24)18-22-17(28-23-18)12-27-14-7-5-13(20)6-8-14/h5-10,15H,2-4,11-12H2,1H3. The van der Waals surface area contributed by atoms with Gasteiger partial charge >= 0.3 is 0 Å². The molecule has 8 nitrogen and oxygen atoms in total. The Morgan fingerprint density at radius 2 is 2.14 bits per heavy atom. The lowest BCUT2D eigenvalue weighted by molar-refractivity contribution is 0.0715. The number of aromatic nitrogens is 4. The smallest absolute Gasteiger partial charge is 0.272 e. The Morgan fingerprint density at radius 1 is 1.32 bits per heavy atom. The number of carbonyl (C=O) groups is 1. The number of benzene rings is 1. The van der Waals surface area contributed by atoms with Crippen LogP contribution in [0, 0.1) is 5.82 Å². The molecule has 0 spiro atoms. The van der Waals surface area contributed by atoms with Gasteiger partial charge in [-0.1, -0.05) is 5.16 Å². The number of halogens is 1. The second-order valence-corrected chi connectivity index (χ2v) is 6.48. The van der Waals surface area contributed by atoms with Crippen LogP contribution in [0.5, 0.6) is 5.75 Å². The van der Waals surface area contributed by atoms with E-state index in [0.29, 0.717) is 36.2 Å². The van der Waals surface area contributed by atoms with Gasteiger partial charge in [-0.2, -0.15) is 10.1 Å². The molecule has 1 aromatic carbocycles. The molecule has 4 rings (SSSR count). The van der Waals surface area contributed by atoms with Crippen LogP contribution in [0.4, 0.5) is 4.39 Å². The third kappa shape index (κ3) is 3.60. The molecule has 0 N–H and O–H groups in total. The van der Waals surface area contributed by atoms with Crippen molar-refractivity contribution in [1.29, 1.82) is 0 Å². The van der Waals surface area contributed by atoms with Crippen molar-refractivity contribution in [3.63, 3.8) is 0 Å². The van der Waals surface area contributed by atoms with Crippen LogP contribution in [0.15, 0.2) is 41.1 Å². The average molecular weight is 385 g/mol. The van der Waals surface area contributed by atoms with E-state index in [0.717, 1.165) is 12.8 Å². The molecule has 3 heterocycles. The molecule has 1 aliphatic rings. The highest BCUT2D eigenvalue weighted by Crippen LogP contribution is 2.31. The first-order valence-corrected chi connectivity index (χ1v) is 9.19. The summed E-state index contributed by atoms with van der Waals surface area (Å²) in [5.41, 5.74) is 0.553. The molecule has 3 aromatic rings. The second-order valence-electron chi connectivity index (χ2n) is 6.48. The van der Waals surface area contributed by atoms with E-state index in [1.54, 1.807) is 21.8 Å². The van der Waals surface area contributed by atoms with Crippen molar-refractivity contribution < 1.29 is 18.4 Å². The Morgan fingerprint density at radius 3 is 2.93 bits per heavy atom. The zero-order valence-corrected chi connectivity index (χ0v) is 15.4. The van der Waals surface area contributed by atoms with Gasteiger partial charge in [0.15, 0.2) is 12.4 Å². The van der Waals surface area contributed by atoms with Gasteiger partial charge in [0.1, 0.15) is 17.3 Å². The van der Waals surface area contributed by atoms with Crippen molar-refractivity contribution in [3.05, 3.63) is 59.8 Å². The zero-order chi connectivity index (χ0) is 19.5. The van der Waals surface area contributed by atoms with E-state index in [2.05, 4.69) is 15.2 Å². The molecule has 0 bridgehead atoms. The van der Waals surface area contributed by atoms with Crippen LogP contribution in [0.3, 0.4) is 0 Å². The Kier molecular flexibility index (Phi) is 5.05. The van der Waals surface area contributed by atoms with Gasteiger partial charge in [-0.25, -0.2) is 4.39 Å². The number of nitrogens with zero attached hydrogens (tertiary/aromatic N) is 5. The normalized spacial score (nSPS) is 16.5. The number of amides is 1. The summed E-state index contributed by atoms with van der Waals surface area (Å²) in [5.74, 6) is 0.855. The highest BCUT2D eigenvalue weighted by Gasteiger charge is 2.35. The summed E-state index contributed by atoms with van der Waals surface area (Å²) in [6.45, 7) is 3.27. The fourth-order valence-electron chi connectivity index (χ4n) is 3.33. The number of aryl methyl sites for hydroxylation is 1. The van der Waals surface area contributed by atoms with Crippen LogP contribution in [0.2, 0.25) is 0 Å². The summed E-state index contributed by atoms with van der Waals surface area (Å²) in [5, 5.41) is 8.21. The van der Waals surface area contributed by atoms with Gasteiger partial charge in [-0.3, -0.25) is 9.48 Å². The van der Waals surface area contributed by atoms with Crippen molar-refractivity contribution in [2.45, 2.75) is 39.0 Å². The monoisotopic (exact) mass is 385 g/mol. The largest absolute Gasteiger partial charge is 0.484 e. The summed E-state index contributed by atoms with van der Waals surface area (Å²) >= 11 is 0. The van der Waals surface area contributed by atoms with E-state index < -0.39 is 0 Å². The van der Waals surface area contributed by atoms with Crippen LogP contribution in [-0.4, -0.2) is 37.3 Å². The van der Waals surface area contributed by atoms with E-state index in [9.17, 15) is 9.18 Å². The molecular formula is C19H20FN5O3. The van der Waals surface area contributed by atoms with E-state index in [1.807, 2.05) is 6.92 Å². The summed E-state index contributed by atoms with van der Waals surface area (Å²) < 4.78 is 25.4. The Hall–Kier alpha value is -3.23. The number of carbonyl (C=O) groups excluding carboxylic acids is 1. The number of likely N-dealkylation sites (tertiary alicyclic amines) is 1. The Balaban J connectivity index is 1.45. The van der Waals surface area contributed by atoms with Gasteiger partial charge < -0.3 is 14.2 Å².